The number of primary amides is 1. The highest BCUT2D eigenvalue weighted by Gasteiger charge is 2.20. The number of aromatic hydroxyl groups is 1. The number of benzene rings is 1. The van der Waals surface area contributed by atoms with E-state index in [1.807, 2.05) is 13.0 Å². The van der Waals surface area contributed by atoms with Gasteiger partial charge in [-0.1, -0.05) is 6.07 Å². The van der Waals surface area contributed by atoms with Gasteiger partial charge in [0.2, 0.25) is 5.91 Å². The molecule has 2 rings (SSSR count). The largest absolute Gasteiger partial charge is 0.504 e. The number of aliphatic imine (C=N–C) groups is 1. The number of likely N-dealkylation sites (tertiary alicyclic amines) is 1. The Balaban J connectivity index is 1.91. The second kappa shape index (κ2) is 9.86. The van der Waals surface area contributed by atoms with Crippen molar-refractivity contribution in [1.29, 1.82) is 0 Å². The Hall–Kier alpha value is -2.48. The van der Waals surface area contributed by atoms with E-state index >= 15 is 0 Å². The molecule has 0 aromatic heterocycles. The van der Waals surface area contributed by atoms with Crippen LogP contribution in [0, 0.1) is 0 Å². The summed E-state index contributed by atoms with van der Waals surface area (Å²) in [6.07, 6.45) is 1.86. The summed E-state index contributed by atoms with van der Waals surface area (Å²) in [4.78, 5) is 17.7. The maximum atomic E-state index is 11.0. The number of hydrogen-bond acceptors (Lipinski definition) is 5. The van der Waals surface area contributed by atoms with Crippen LogP contribution in [-0.4, -0.2) is 61.2 Å². The van der Waals surface area contributed by atoms with E-state index in [2.05, 4.69) is 20.5 Å². The summed E-state index contributed by atoms with van der Waals surface area (Å²) >= 11 is 0. The average molecular weight is 363 g/mol. The van der Waals surface area contributed by atoms with Gasteiger partial charge in [-0.25, -0.2) is 4.99 Å². The highest BCUT2D eigenvalue weighted by Crippen LogP contribution is 2.26. The van der Waals surface area contributed by atoms with Gasteiger partial charge in [0.05, 0.1) is 20.2 Å². The number of ether oxygens (including phenoxy) is 1. The number of rotatable bonds is 7. The molecule has 0 bridgehead atoms. The Morgan fingerprint density at radius 3 is 2.73 bits per heavy atom. The number of carbonyl (C=O) groups is 1. The molecule has 1 heterocycles. The monoisotopic (exact) mass is 363 g/mol. The minimum atomic E-state index is -0.283. The molecule has 8 heteroatoms. The Morgan fingerprint density at radius 1 is 1.42 bits per heavy atom. The predicted octanol–water partition coefficient (Wildman–Crippen LogP) is 0.406. The zero-order chi connectivity index (χ0) is 18.9. The topological polar surface area (TPSA) is 112 Å². The Labute approximate surface area is 154 Å². The molecule has 1 amide bonds. The lowest BCUT2D eigenvalue weighted by Crippen LogP contribution is -2.49. The summed E-state index contributed by atoms with van der Waals surface area (Å²) in [6, 6.07) is 5.58. The number of methoxy groups -OCH3 is 1. The van der Waals surface area contributed by atoms with Gasteiger partial charge in [-0.3, -0.25) is 9.69 Å². The van der Waals surface area contributed by atoms with Gasteiger partial charge in [0.25, 0.3) is 0 Å². The summed E-state index contributed by atoms with van der Waals surface area (Å²) in [7, 11) is 1.52. The van der Waals surface area contributed by atoms with Crippen LogP contribution in [0.1, 0.15) is 25.3 Å². The van der Waals surface area contributed by atoms with Gasteiger partial charge < -0.3 is 26.2 Å². The number of guanidine groups is 1. The van der Waals surface area contributed by atoms with Crippen LogP contribution in [0.2, 0.25) is 0 Å². The van der Waals surface area contributed by atoms with Gasteiger partial charge >= 0.3 is 0 Å². The summed E-state index contributed by atoms with van der Waals surface area (Å²) in [5, 5.41) is 16.6. The fraction of sp³-hybridized carbons (Fsp3) is 0.556. The molecule has 144 valence electrons. The third-order valence-corrected chi connectivity index (χ3v) is 4.32. The summed E-state index contributed by atoms with van der Waals surface area (Å²) < 4.78 is 5.05. The van der Waals surface area contributed by atoms with Crippen LogP contribution in [0.15, 0.2) is 23.2 Å². The van der Waals surface area contributed by atoms with Crippen LogP contribution < -0.4 is 21.1 Å². The lowest BCUT2D eigenvalue weighted by atomic mass is 10.1. The smallest absolute Gasteiger partial charge is 0.231 e. The van der Waals surface area contributed by atoms with Gasteiger partial charge in [0.15, 0.2) is 17.5 Å². The molecule has 1 fully saturated rings. The van der Waals surface area contributed by atoms with Crippen molar-refractivity contribution in [2.75, 3.05) is 33.3 Å². The first-order valence-corrected chi connectivity index (χ1v) is 8.93. The molecular formula is C18H29N5O3. The van der Waals surface area contributed by atoms with Crippen LogP contribution in [0.25, 0.3) is 0 Å². The van der Waals surface area contributed by atoms with Gasteiger partial charge in [0, 0.05) is 25.7 Å². The van der Waals surface area contributed by atoms with Gasteiger partial charge in [-0.15, -0.1) is 0 Å². The maximum Gasteiger partial charge on any atom is 0.231 e. The van der Waals surface area contributed by atoms with Crippen molar-refractivity contribution >= 4 is 11.9 Å². The minimum Gasteiger partial charge on any atom is -0.504 e. The van der Waals surface area contributed by atoms with Crippen LogP contribution in [0.4, 0.5) is 0 Å². The predicted molar refractivity (Wildman–Crippen MR) is 101 cm³/mol. The zero-order valence-electron chi connectivity index (χ0n) is 15.5. The fourth-order valence-corrected chi connectivity index (χ4v) is 2.97. The van der Waals surface area contributed by atoms with Crippen molar-refractivity contribution < 1.29 is 14.6 Å². The molecule has 0 unspecified atom stereocenters. The molecule has 0 atom stereocenters. The van der Waals surface area contributed by atoms with E-state index in [1.54, 1.807) is 12.1 Å². The number of phenols is 1. The van der Waals surface area contributed by atoms with Crippen molar-refractivity contribution in [2.24, 2.45) is 10.7 Å². The Morgan fingerprint density at radius 2 is 2.15 bits per heavy atom. The molecule has 0 spiro atoms. The van der Waals surface area contributed by atoms with Gasteiger partial charge in [-0.05, 0) is 37.5 Å². The van der Waals surface area contributed by atoms with E-state index in [4.69, 9.17) is 10.5 Å². The molecule has 8 nitrogen and oxygen atoms in total. The lowest BCUT2D eigenvalue weighted by Gasteiger charge is -2.32. The number of hydrogen-bond donors (Lipinski definition) is 4. The van der Waals surface area contributed by atoms with Crippen molar-refractivity contribution in [2.45, 2.75) is 32.4 Å². The maximum absolute atomic E-state index is 11.0. The number of carbonyl (C=O) groups excluding carboxylic acids is 1. The van der Waals surface area contributed by atoms with Crippen molar-refractivity contribution in [3.05, 3.63) is 23.8 Å². The van der Waals surface area contributed by atoms with Gasteiger partial charge in [0.1, 0.15) is 0 Å². The lowest BCUT2D eigenvalue weighted by molar-refractivity contribution is -0.119. The Kier molecular flexibility index (Phi) is 7.53. The van der Waals surface area contributed by atoms with Gasteiger partial charge in [-0.2, -0.15) is 0 Å². The first-order valence-electron chi connectivity index (χ1n) is 8.93. The van der Waals surface area contributed by atoms with Crippen LogP contribution in [0.5, 0.6) is 11.5 Å². The number of piperidine rings is 1. The standard InChI is InChI=1S/C18H29N5O3/c1-3-20-18(21-11-13-4-5-16(26-2)15(24)10-13)22-14-6-8-23(9-7-14)12-17(19)25/h4-5,10,14,24H,3,6-9,11-12H2,1-2H3,(H2,19,25)(H2,20,21,22). The summed E-state index contributed by atoms with van der Waals surface area (Å²) in [6.45, 7) is 5.24. The van der Waals surface area contributed by atoms with E-state index < -0.39 is 0 Å². The molecule has 1 aliphatic rings. The van der Waals surface area contributed by atoms with Crippen LogP contribution in [0.3, 0.4) is 0 Å². The van der Waals surface area contributed by atoms with Crippen LogP contribution >= 0.6 is 0 Å². The molecule has 1 aromatic carbocycles. The molecule has 1 saturated heterocycles. The quantitative estimate of drug-likeness (QED) is 0.412. The molecule has 1 aliphatic heterocycles. The number of nitrogens with one attached hydrogen (secondary N) is 2. The molecule has 0 radical (unpaired) electrons. The summed E-state index contributed by atoms with van der Waals surface area (Å²) in [5.41, 5.74) is 6.15. The normalized spacial score (nSPS) is 16.3. The van der Waals surface area contributed by atoms with Crippen LogP contribution in [-0.2, 0) is 11.3 Å². The highest BCUT2D eigenvalue weighted by atomic mass is 16.5. The average Bonchev–Trinajstić information content (AvgIpc) is 2.61. The van der Waals surface area contributed by atoms with Crippen molar-refractivity contribution in [3.63, 3.8) is 0 Å². The van der Waals surface area contributed by atoms with E-state index in [-0.39, 0.29) is 11.7 Å². The molecule has 0 saturated carbocycles. The van der Waals surface area contributed by atoms with Crippen molar-refractivity contribution in [1.82, 2.24) is 15.5 Å². The summed E-state index contributed by atoms with van der Waals surface area (Å²) in [5.74, 6) is 1.02. The minimum absolute atomic E-state index is 0.111. The SMILES string of the molecule is CCNC(=NCc1ccc(OC)c(O)c1)NC1CCN(CC(N)=O)CC1. The van der Waals surface area contributed by atoms with E-state index in [0.29, 0.717) is 24.9 Å². The molecule has 1 aromatic rings. The molecule has 26 heavy (non-hydrogen) atoms. The second-order valence-electron chi connectivity index (χ2n) is 6.36. The number of phenolic OH excluding ortho intramolecular Hbond substituents is 1. The van der Waals surface area contributed by atoms with E-state index in [1.165, 1.54) is 7.11 Å². The van der Waals surface area contributed by atoms with Crippen molar-refractivity contribution in [3.8, 4) is 11.5 Å². The van der Waals surface area contributed by atoms with E-state index in [9.17, 15) is 9.90 Å². The first-order chi connectivity index (χ1) is 12.5. The van der Waals surface area contributed by atoms with E-state index in [0.717, 1.165) is 44.0 Å². The molecule has 0 aliphatic carbocycles. The fourth-order valence-electron chi connectivity index (χ4n) is 2.97. The number of nitrogens with zero attached hydrogens (tertiary/aromatic N) is 2. The second-order valence-corrected chi connectivity index (χ2v) is 6.36. The zero-order valence-corrected chi connectivity index (χ0v) is 15.5. The first kappa shape index (κ1) is 19.8. The highest BCUT2D eigenvalue weighted by molar-refractivity contribution is 5.80. The third-order valence-electron chi connectivity index (χ3n) is 4.32. The number of nitrogens with two attached hydrogens (primary N) is 1. The Bertz CT molecular complexity index is 627. The molecular weight excluding hydrogens is 334 g/mol. The third kappa shape index (κ3) is 6.11. The molecule has 5 N–H and O–H groups in total. The number of amides is 1.